The number of carboxylic acids is 1. The maximum absolute atomic E-state index is 13.3. The van der Waals surface area contributed by atoms with E-state index in [1.54, 1.807) is 24.3 Å². The highest BCUT2D eigenvalue weighted by Gasteiger charge is 2.55. The van der Waals surface area contributed by atoms with E-state index < -0.39 is 23.6 Å². The number of aliphatic carboxylic acids is 1. The number of ether oxygens (including phenoxy) is 2. The van der Waals surface area contributed by atoms with Gasteiger partial charge < -0.3 is 24.2 Å². The number of carbonyl (C=O) groups excluding carboxylic acids is 1. The Labute approximate surface area is 183 Å². The summed E-state index contributed by atoms with van der Waals surface area (Å²) in [6.45, 7) is -0.0355. The molecule has 1 aliphatic heterocycles. The van der Waals surface area contributed by atoms with E-state index in [1.807, 2.05) is 24.9 Å². The average molecular weight is 453 g/mol. The summed E-state index contributed by atoms with van der Waals surface area (Å²) in [5.41, 5.74) is -1.84. The highest BCUT2D eigenvalue weighted by molar-refractivity contribution is 7.12. The molecule has 30 heavy (non-hydrogen) atoms. The van der Waals surface area contributed by atoms with Gasteiger partial charge in [-0.25, -0.2) is 9.59 Å². The first-order valence-electron chi connectivity index (χ1n) is 9.93. The summed E-state index contributed by atoms with van der Waals surface area (Å²) >= 11 is 2.62. The van der Waals surface area contributed by atoms with Crippen molar-refractivity contribution in [3.63, 3.8) is 0 Å². The Kier molecular flexibility index (Phi) is 5.75. The van der Waals surface area contributed by atoms with Gasteiger partial charge in [0.25, 0.3) is 0 Å². The number of carboxylic acid groups (broad SMARTS) is 1. The van der Waals surface area contributed by atoms with E-state index in [1.165, 1.54) is 22.7 Å². The number of rotatable bonds is 7. The van der Waals surface area contributed by atoms with Crippen LogP contribution >= 0.6 is 22.7 Å². The average Bonchev–Trinajstić information content (AvgIpc) is 3.07. The van der Waals surface area contributed by atoms with E-state index in [2.05, 4.69) is 0 Å². The fourth-order valence-electron chi connectivity index (χ4n) is 4.38. The highest BCUT2D eigenvalue weighted by atomic mass is 32.1. The summed E-state index contributed by atoms with van der Waals surface area (Å²) in [6, 6.07) is 6.96. The molecule has 0 bridgehead atoms. The Hall–Kier alpha value is -1.78. The van der Waals surface area contributed by atoms with Crippen molar-refractivity contribution in [3.05, 3.63) is 44.8 Å². The van der Waals surface area contributed by atoms with Crippen molar-refractivity contribution in [3.8, 4) is 0 Å². The smallest absolute Gasteiger partial charge is 0.359 e. The van der Waals surface area contributed by atoms with E-state index in [0.717, 1.165) is 6.42 Å². The highest BCUT2D eigenvalue weighted by Crippen LogP contribution is 2.42. The molecule has 3 heterocycles. The molecule has 2 fully saturated rings. The van der Waals surface area contributed by atoms with Crippen LogP contribution in [0.15, 0.2) is 35.0 Å². The zero-order chi connectivity index (χ0) is 21.5. The Bertz CT molecular complexity index is 861. The van der Waals surface area contributed by atoms with E-state index in [4.69, 9.17) is 9.47 Å². The van der Waals surface area contributed by atoms with Crippen LogP contribution in [0.5, 0.6) is 0 Å². The molecule has 0 aromatic carbocycles. The van der Waals surface area contributed by atoms with E-state index in [-0.39, 0.29) is 29.3 Å². The molecule has 0 unspecified atom stereocenters. The van der Waals surface area contributed by atoms with Gasteiger partial charge >= 0.3 is 11.9 Å². The maximum atomic E-state index is 13.3. The van der Waals surface area contributed by atoms with Gasteiger partial charge in [0.1, 0.15) is 18.2 Å². The Balaban J connectivity index is 1.55. The molecule has 7 nitrogen and oxygen atoms in total. The van der Waals surface area contributed by atoms with Crippen molar-refractivity contribution < 1.29 is 33.8 Å². The van der Waals surface area contributed by atoms with Crippen molar-refractivity contribution in [1.29, 1.82) is 0 Å². The first-order valence-corrected chi connectivity index (χ1v) is 11.7. The van der Waals surface area contributed by atoms with Gasteiger partial charge in [0, 0.05) is 6.42 Å². The van der Waals surface area contributed by atoms with Crippen LogP contribution in [0.3, 0.4) is 0 Å². The van der Waals surface area contributed by atoms with Crippen molar-refractivity contribution in [2.24, 2.45) is 0 Å². The minimum absolute atomic E-state index is 0.0171. The summed E-state index contributed by atoms with van der Waals surface area (Å²) in [5, 5.41) is 24.4. The monoisotopic (exact) mass is 452 g/mol. The lowest BCUT2D eigenvalue weighted by atomic mass is 9.99. The van der Waals surface area contributed by atoms with Crippen LogP contribution in [0.4, 0.5) is 0 Å². The van der Waals surface area contributed by atoms with Crippen LogP contribution in [0.1, 0.15) is 29.0 Å². The van der Waals surface area contributed by atoms with Crippen molar-refractivity contribution in [2.45, 2.75) is 49.2 Å². The molecule has 1 saturated heterocycles. The number of fused-ring (bicyclic) bond motifs is 1. The molecule has 162 valence electrons. The Morgan fingerprint density at radius 3 is 2.37 bits per heavy atom. The second kappa shape index (κ2) is 8.05. The number of likely N-dealkylation sites (N-methyl/N-ethyl adjacent to an activating group) is 1. The van der Waals surface area contributed by atoms with Crippen LogP contribution in [-0.4, -0.2) is 71.6 Å². The summed E-state index contributed by atoms with van der Waals surface area (Å²) in [7, 11) is 3.74. The fraction of sp³-hybridized carbons (Fsp3) is 0.524. The molecular weight excluding hydrogens is 426 g/mol. The van der Waals surface area contributed by atoms with Crippen molar-refractivity contribution in [1.82, 2.24) is 0 Å². The van der Waals surface area contributed by atoms with Gasteiger partial charge in [-0.05, 0) is 35.7 Å². The molecule has 4 rings (SSSR count). The number of hydrogen-bond donors (Lipinski definition) is 2. The minimum Gasteiger partial charge on any atom is -0.477 e. The van der Waals surface area contributed by atoms with Gasteiger partial charge in [0.05, 0.1) is 30.0 Å². The third-order valence-electron chi connectivity index (χ3n) is 6.04. The largest absolute Gasteiger partial charge is 0.477 e. The molecule has 2 aromatic rings. The number of carbonyl (C=O) groups is 2. The number of nitrogens with zero attached hydrogens (tertiary/aromatic N) is 1. The van der Waals surface area contributed by atoms with Gasteiger partial charge in [0.15, 0.2) is 6.54 Å². The van der Waals surface area contributed by atoms with E-state index >= 15 is 0 Å². The molecule has 1 saturated carbocycles. The van der Waals surface area contributed by atoms with Gasteiger partial charge in [-0.15, -0.1) is 22.7 Å². The second-order valence-electron chi connectivity index (χ2n) is 8.54. The SMILES string of the molecule is C[N+](C)(CC(=O)O)[C@H]1C[C@H](OC(=O)C(O)(c2cccs2)c2cccs2)CC[C@H]2O[C@H]21. The molecule has 2 aliphatic rings. The predicted octanol–water partition coefficient (Wildman–Crippen LogP) is 2.44. The number of quaternary nitrogens is 1. The first kappa shape index (κ1) is 21.5. The summed E-state index contributed by atoms with van der Waals surface area (Å²) < 4.78 is 11.9. The third-order valence-corrected chi connectivity index (χ3v) is 8.00. The normalized spacial score (nSPS) is 26.5. The number of hydrogen-bond acceptors (Lipinski definition) is 7. The third kappa shape index (κ3) is 4.04. The topological polar surface area (TPSA) is 96.4 Å². The predicted molar refractivity (Wildman–Crippen MR) is 112 cm³/mol. The number of aliphatic hydroxyl groups is 1. The molecule has 1 aliphatic carbocycles. The van der Waals surface area contributed by atoms with Gasteiger partial charge in [-0.2, -0.15) is 0 Å². The maximum Gasteiger partial charge on any atom is 0.359 e. The summed E-state index contributed by atoms with van der Waals surface area (Å²) in [6.07, 6.45) is 1.54. The zero-order valence-electron chi connectivity index (χ0n) is 16.9. The van der Waals surface area contributed by atoms with Crippen LogP contribution in [0, 0.1) is 0 Å². The van der Waals surface area contributed by atoms with Crippen LogP contribution < -0.4 is 0 Å². The lowest BCUT2D eigenvalue weighted by molar-refractivity contribution is -0.909. The quantitative estimate of drug-likeness (QED) is 0.381. The van der Waals surface area contributed by atoms with Crippen LogP contribution in [0.2, 0.25) is 0 Å². The number of thiophene rings is 2. The molecule has 2 aromatic heterocycles. The zero-order valence-corrected chi connectivity index (χ0v) is 18.5. The van der Waals surface area contributed by atoms with Crippen LogP contribution in [0.25, 0.3) is 0 Å². The summed E-state index contributed by atoms with van der Waals surface area (Å²) in [4.78, 5) is 25.7. The minimum atomic E-state index is -1.84. The number of epoxide rings is 1. The lowest BCUT2D eigenvalue weighted by Crippen LogP contribution is -2.55. The van der Waals surface area contributed by atoms with E-state index in [0.29, 0.717) is 22.6 Å². The first-order chi connectivity index (χ1) is 14.2. The Morgan fingerprint density at radius 2 is 1.83 bits per heavy atom. The second-order valence-corrected chi connectivity index (χ2v) is 10.4. The van der Waals surface area contributed by atoms with Crippen molar-refractivity contribution >= 4 is 34.6 Å². The molecule has 4 atom stereocenters. The van der Waals surface area contributed by atoms with Gasteiger partial charge in [-0.3, -0.25) is 0 Å². The van der Waals surface area contributed by atoms with Gasteiger partial charge in [0.2, 0.25) is 5.60 Å². The molecule has 0 spiro atoms. The number of esters is 1. The molecule has 9 heteroatoms. The van der Waals surface area contributed by atoms with Crippen molar-refractivity contribution in [2.75, 3.05) is 20.6 Å². The lowest BCUT2D eigenvalue weighted by Gasteiger charge is -2.37. The van der Waals surface area contributed by atoms with Crippen LogP contribution in [-0.2, 0) is 24.7 Å². The molecule has 0 amide bonds. The summed E-state index contributed by atoms with van der Waals surface area (Å²) in [5.74, 6) is -1.56. The molecular formula is C21H26NO6S2+. The van der Waals surface area contributed by atoms with E-state index in [9.17, 15) is 19.8 Å². The fourth-order valence-corrected chi connectivity index (χ4v) is 6.10. The molecule has 0 radical (unpaired) electrons. The standard InChI is InChI=1S/C21H25NO6S2/c1-22(2,12-18(23)24)14-11-13(7-8-15-19(14)28-15)27-20(25)21(26,16-5-3-9-29-16)17-6-4-10-30-17/h3-6,9-10,13-15,19,26H,7-8,11-12H2,1-2H3/p+1/t13-,14+,15-,19+/m1/s1. The molecule has 2 N–H and O–H groups in total. The Morgan fingerprint density at radius 1 is 1.20 bits per heavy atom. The van der Waals surface area contributed by atoms with Gasteiger partial charge in [-0.1, -0.05) is 12.1 Å².